The van der Waals surface area contributed by atoms with Crippen LogP contribution in [-0.4, -0.2) is 91.5 Å². The molecule has 3 aliphatic rings. The summed E-state index contributed by atoms with van der Waals surface area (Å²) in [5.41, 5.74) is 1.22. The molecule has 36 heavy (non-hydrogen) atoms. The minimum atomic E-state index is -1.13. The molecule has 2 aliphatic carbocycles. The molecular formula is C26H34N2O8. The molecule has 0 bridgehead atoms. The van der Waals surface area contributed by atoms with E-state index in [0.29, 0.717) is 34.5 Å². The zero-order chi connectivity index (χ0) is 25.8. The van der Waals surface area contributed by atoms with Crippen molar-refractivity contribution in [3.8, 4) is 11.5 Å². The lowest BCUT2D eigenvalue weighted by Gasteiger charge is -2.43. The summed E-state index contributed by atoms with van der Waals surface area (Å²) in [5, 5.41) is 23.6. The molecule has 1 heterocycles. The average molecular weight is 503 g/mol. The van der Waals surface area contributed by atoms with Crippen LogP contribution in [0.3, 0.4) is 0 Å². The molecule has 3 N–H and O–H groups in total. The highest BCUT2D eigenvalue weighted by Gasteiger charge is 2.52. The predicted octanol–water partition coefficient (Wildman–Crippen LogP) is 0.938. The summed E-state index contributed by atoms with van der Waals surface area (Å²) in [5.74, 6) is -0.589. The first-order chi connectivity index (χ1) is 17.4. The van der Waals surface area contributed by atoms with Gasteiger partial charge in [-0.05, 0) is 31.1 Å². The highest BCUT2D eigenvalue weighted by atomic mass is 16.5. The number of aliphatic hydroxyl groups is 2. The summed E-state index contributed by atoms with van der Waals surface area (Å²) >= 11 is 0. The highest BCUT2D eigenvalue weighted by molar-refractivity contribution is 5.96. The van der Waals surface area contributed by atoms with Gasteiger partial charge in [0, 0.05) is 36.4 Å². The first kappa shape index (κ1) is 26.1. The summed E-state index contributed by atoms with van der Waals surface area (Å²) in [4.78, 5) is 39.9. The van der Waals surface area contributed by atoms with E-state index in [1.54, 1.807) is 23.1 Å². The van der Waals surface area contributed by atoms with Crippen LogP contribution in [0.1, 0.15) is 53.9 Å². The smallest absolute Gasteiger partial charge is 0.247 e. The van der Waals surface area contributed by atoms with Crippen LogP contribution >= 0.6 is 0 Å². The fourth-order valence-corrected chi connectivity index (χ4v) is 5.64. The molecular weight excluding hydrogens is 468 g/mol. The summed E-state index contributed by atoms with van der Waals surface area (Å²) in [6, 6.07) is 2.32. The van der Waals surface area contributed by atoms with Gasteiger partial charge in [0.15, 0.2) is 11.5 Å². The molecule has 0 aromatic heterocycles. The molecule has 2 amide bonds. The van der Waals surface area contributed by atoms with Gasteiger partial charge < -0.3 is 34.6 Å². The SMILES string of the molecule is COCCC(=O)N(C1CCCC1)[C@@H]1C=C(C(=O)NCCO)[C@@H]2c3cc(C=O)cc(OC)c3O[C@@H]2[C@H]1O. The largest absolute Gasteiger partial charge is 0.493 e. The fraction of sp³-hybridized carbons (Fsp3) is 0.577. The predicted molar refractivity (Wildman–Crippen MR) is 129 cm³/mol. The van der Waals surface area contributed by atoms with E-state index < -0.39 is 30.1 Å². The van der Waals surface area contributed by atoms with E-state index in [-0.39, 0.29) is 38.1 Å². The number of rotatable bonds is 10. The van der Waals surface area contributed by atoms with E-state index in [9.17, 15) is 24.6 Å². The normalized spacial score (nSPS) is 24.8. The van der Waals surface area contributed by atoms with Crippen molar-refractivity contribution in [2.75, 3.05) is 34.0 Å². The summed E-state index contributed by atoms with van der Waals surface area (Å²) in [6.45, 7) is 0.0580. The number of carbonyl (C=O) groups excluding carboxylic acids is 3. The number of aldehydes is 1. The Morgan fingerprint density at radius 1 is 1.25 bits per heavy atom. The lowest BCUT2D eigenvalue weighted by Crippen LogP contribution is -2.58. The molecule has 0 radical (unpaired) electrons. The Balaban J connectivity index is 1.80. The molecule has 4 rings (SSSR count). The minimum absolute atomic E-state index is 0.0469. The van der Waals surface area contributed by atoms with Crippen molar-refractivity contribution in [2.45, 2.75) is 62.3 Å². The van der Waals surface area contributed by atoms with Crippen molar-refractivity contribution in [3.63, 3.8) is 0 Å². The third kappa shape index (κ3) is 4.85. The quantitative estimate of drug-likeness (QED) is 0.403. The molecule has 1 aliphatic heterocycles. The van der Waals surface area contributed by atoms with E-state index >= 15 is 0 Å². The maximum absolute atomic E-state index is 13.3. The second-order valence-electron chi connectivity index (χ2n) is 9.38. The van der Waals surface area contributed by atoms with E-state index in [1.165, 1.54) is 14.2 Å². The molecule has 1 fully saturated rings. The van der Waals surface area contributed by atoms with Gasteiger partial charge in [0.2, 0.25) is 11.8 Å². The Labute approximate surface area is 210 Å². The summed E-state index contributed by atoms with van der Waals surface area (Å²) in [6.07, 6.45) is 4.07. The Morgan fingerprint density at radius 3 is 2.64 bits per heavy atom. The van der Waals surface area contributed by atoms with Gasteiger partial charge in [0.05, 0.1) is 38.7 Å². The molecule has 10 heteroatoms. The number of carbonyl (C=O) groups is 3. The number of aliphatic hydroxyl groups excluding tert-OH is 2. The van der Waals surface area contributed by atoms with Crippen LogP contribution in [0.5, 0.6) is 11.5 Å². The first-order valence-electron chi connectivity index (χ1n) is 12.4. The molecule has 1 aromatic rings. The third-order valence-electron chi connectivity index (χ3n) is 7.26. The molecule has 0 unspecified atom stereocenters. The number of hydrogen-bond donors (Lipinski definition) is 3. The average Bonchev–Trinajstić information content (AvgIpc) is 3.55. The number of hydrogen-bond acceptors (Lipinski definition) is 8. The van der Waals surface area contributed by atoms with Gasteiger partial charge in [-0.2, -0.15) is 0 Å². The van der Waals surface area contributed by atoms with Crippen molar-refractivity contribution in [3.05, 3.63) is 34.9 Å². The Kier molecular flexibility index (Phi) is 8.28. The minimum Gasteiger partial charge on any atom is -0.493 e. The molecule has 0 saturated heterocycles. The van der Waals surface area contributed by atoms with Crippen LogP contribution in [0.2, 0.25) is 0 Å². The maximum Gasteiger partial charge on any atom is 0.247 e. The van der Waals surface area contributed by atoms with Crippen LogP contribution in [0.15, 0.2) is 23.8 Å². The summed E-state index contributed by atoms with van der Waals surface area (Å²) in [7, 11) is 2.98. The molecule has 1 saturated carbocycles. The lowest BCUT2D eigenvalue weighted by molar-refractivity contribution is -0.141. The molecule has 1 aromatic carbocycles. The van der Waals surface area contributed by atoms with Gasteiger partial charge in [-0.1, -0.05) is 12.8 Å². The Hall–Kier alpha value is -2.95. The lowest BCUT2D eigenvalue weighted by atomic mass is 9.77. The molecule has 196 valence electrons. The van der Waals surface area contributed by atoms with Crippen molar-refractivity contribution >= 4 is 18.1 Å². The maximum atomic E-state index is 13.3. The monoisotopic (exact) mass is 502 g/mol. The van der Waals surface area contributed by atoms with Gasteiger partial charge in [0.1, 0.15) is 18.5 Å². The second-order valence-corrected chi connectivity index (χ2v) is 9.38. The van der Waals surface area contributed by atoms with Crippen molar-refractivity contribution in [1.29, 1.82) is 0 Å². The van der Waals surface area contributed by atoms with Gasteiger partial charge in [0.25, 0.3) is 0 Å². The van der Waals surface area contributed by atoms with Gasteiger partial charge in [-0.3, -0.25) is 14.4 Å². The first-order valence-corrected chi connectivity index (χ1v) is 12.4. The zero-order valence-electron chi connectivity index (χ0n) is 20.6. The molecule has 0 spiro atoms. The van der Waals surface area contributed by atoms with Crippen molar-refractivity contribution < 1.29 is 38.8 Å². The van der Waals surface area contributed by atoms with Crippen LogP contribution < -0.4 is 14.8 Å². The van der Waals surface area contributed by atoms with Crippen molar-refractivity contribution in [1.82, 2.24) is 10.2 Å². The number of methoxy groups -OCH3 is 2. The van der Waals surface area contributed by atoms with Crippen LogP contribution in [0, 0.1) is 0 Å². The van der Waals surface area contributed by atoms with E-state index in [1.807, 2.05) is 0 Å². The van der Waals surface area contributed by atoms with E-state index in [4.69, 9.17) is 14.2 Å². The third-order valence-corrected chi connectivity index (χ3v) is 7.26. The number of nitrogens with zero attached hydrogens (tertiary/aromatic N) is 1. The fourth-order valence-electron chi connectivity index (χ4n) is 5.64. The number of benzene rings is 1. The Bertz CT molecular complexity index is 1020. The Morgan fingerprint density at radius 2 is 2.00 bits per heavy atom. The van der Waals surface area contributed by atoms with Gasteiger partial charge in [-0.25, -0.2) is 0 Å². The van der Waals surface area contributed by atoms with Crippen LogP contribution in [0.4, 0.5) is 0 Å². The molecule has 10 nitrogen and oxygen atoms in total. The standard InChI is InChI=1S/C26H34N2O8/c1-34-10-7-21(31)28(16-5-3-4-6-16)19-13-18(26(33)27-8-9-29)22-17-11-15(14-30)12-20(35-2)24(17)36-25(22)23(19)32/h11-14,16,19,22-23,25,29,32H,3-10H2,1-2H3,(H,27,33)/t19-,22+,23+,25+/m1/s1. The van der Waals surface area contributed by atoms with E-state index in [0.717, 1.165) is 25.7 Å². The highest BCUT2D eigenvalue weighted by Crippen LogP contribution is 2.51. The van der Waals surface area contributed by atoms with Crippen molar-refractivity contribution in [2.24, 2.45) is 0 Å². The number of ether oxygens (including phenoxy) is 3. The topological polar surface area (TPSA) is 135 Å². The summed E-state index contributed by atoms with van der Waals surface area (Å²) < 4.78 is 16.8. The number of amides is 2. The zero-order valence-corrected chi connectivity index (χ0v) is 20.6. The van der Waals surface area contributed by atoms with E-state index in [2.05, 4.69) is 5.32 Å². The number of nitrogens with one attached hydrogen (secondary N) is 1. The van der Waals surface area contributed by atoms with Crippen LogP contribution in [0.25, 0.3) is 0 Å². The van der Waals surface area contributed by atoms with Gasteiger partial charge >= 0.3 is 0 Å². The number of fused-ring (bicyclic) bond motifs is 3. The second kappa shape index (κ2) is 11.4. The van der Waals surface area contributed by atoms with Gasteiger partial charge in [-0.15, -0.1) is 0 Å². The molecule has 4 atom stereocenters. The van der Waals surface area contributed by atoms with Crippen LogP contribution in [-0.2, 0) is 14.3 Å².